The molecule has 0 aliphatic heterocycles. The van der Waals surface area contributed by atoms with Gasteiger partial charge in [0.15, 0.2) is 4.73 Å². The van der Waals surface area contributed by atoms with Crippen LogP contribution in [0.1, 0.15) is 19.3 Å². The lowest BCUT2D eigenvalue weighted by Gasteiger charge is -1.92. The molecule has 1 heterocycles. The predicted octanol–water partition coefficient (Wildman–Crippen LogP) is 1.13. The minimum atomic E-state index is 0.231. The molecule has 0 aliphatic rings. The molecule has 6 nitrogen and oxygen atoms in total. The second-order valence-electron chi connectivity index (χ2n) is 2.59. The number of nitrogens with zero attached hydrogens (tertiary/aromatic N) is 3. The second-order valence-corrected chi connectivity index (χ2v) is 3.34. The van der Waals surface area contributed by atoms with Crippen LogP contribution >= 0.6 is 15.9 Å². The summed E-state index contributed by atoms with van der Waals surface area (Å²) in [6.45, 7) is 0.231. The molecule has 1 rings (SSSR count). The number of aliphatic hydroxyl groups excluding tert-OH is 1. The topological polar surface area (TPSA) is 86.2 Å². The van der Waals surface area contributed by atoms with Crippen LogP contribution < -0.4 is 5.43 Å². The molecule has 3 N–H and O–H groups in total. The smallest absolute Gasteiger partial charge is 0.263 e. The van der Waals surface area contributed by atoms with E-state index in [4.69, 9.17) is 5.11 Å². The highest BCUT2D eigenvalue weighted by molar-refractivity contribution is 9.10. The summed E-state index contributed by atoms with van der Waals surface area (Å²) in [4.78, 5) is 3.93. The number of anilines is 1. The number of H-pyrrole nitrogens is 1. The maximum absolute atomic E-state index is 8.51. The molecule has 78 valence electrons. The zero-order chi connectivity index (χ0) is 10.2. The Balaban J connectivity index is 2.14. The lowest BCUT2D eigenvalue weighted by Crippen LogP contribution is -1.92. The quantitative estimate of drug-likeness (QED) is 0.407. The normalized spacial score (nSPS) is 11.0. The number of aromatic amines is 1. The first kappa shape index (κ1) is 11.1. The van der Waals surface area contributed by atoms with Crippen molar-refractivity contribution >= 4 is 28.1 Å². The van der Waals surface area contributed by atoms with E-state index in [9.17, 15) is 0 Å². The predicted molar refractivity (Wildman–Crippen MR) is 57.1 cm³/mol. The van der Waals surface area contributed by atoms with Gasteiger partial charge >= 0.3 is 0 Å². The summed E-state index contributed by atoms with van der Waals surface area (Å²) in [6, 6.07) is 0. The Labute approximate surface area is 90.0 Å². The van der Waals surface area contributed by atoms with Crippen LogP contribution in [0.5, 0.6) is 0 Å². The summed E-state index contributed by atoms with van der Waals surface area (Å²) < 4.78 is 0.565. The fraction of sp³-hybridized carbons (Fsp3) is 0.571. The van der Waals surface area contributed by atoms with E-state index in [-0.39, 0.29) is 6.61 Å². The number of aromatic nitrogens is 3. The Bertz CT molecular complexity index is 287. The molecule has 0 aromatic carbocycles. The van der Waals surface area contributed by atoms with Crippen molar-refractivity contribution in [2.24, 2.45) is 5.10 Å². The highest BCUT2D eigenvalue weighted by Gasteiger charge is 1.95. The maximum Gasteiger partial charge on any atom is 0.263 e. The number of unbranched alkanes of at least 4 members (excludes halogenated alkanes) is 2. The molecule has 0 aliphatic carbocycles. The van der Waals surface area contributed by atoms with E-state index in [1.807, 2.05) is 0 Å². The van der Waals surface area contributed by atoms with E-state index in [0.29, 0.717) is 10.7 Å². The van der Waals surface area contributed by atoms with E-state index in [1.165, 1.54) is 0 Å². The summed E-state index contributed by atoms with van der Waals surface area (Å²) in [5, 5.41) is 18.8. The molecule has 0 spiro atoms. The number of rotatable bonds is 6. The first-order valence-electron chi connectivity index (χ1n) is 4.29. The number of hydrazone groups is 1. The summed E-state index contributed by atoms with van der Waals surface area (Å²) in [6.07, 6.45) is 4.30. The Kier molecular flexibility index (Phi) is 5.16. The van der Waals surface area contributed by atoms with E-state index < -0.39 is 0 Å². The van der Waals surface area contributed by atoms with Gasteiger partial charge in [-0.2, -0.15) is 10.1 Å². The van der Waals surface area contributed by atoms with Gasteiger partial charge < -0.3 is 5.11 Å². The second kappa shape index (κ2) is 6.50. The van der Waals surface area contributed by atoms with Crippen molar-refractivity contribution in [2.45, 2.75) is 19.3 Å². The molecule has 0 amide bonds. The van der Waals surface area contributed by atoms with Gasteiger partial charge in [0.1, 0.15) is 0 Å². The molecule has 0 fully saturated rings. The SMILES string of the molecule is OCCCC/C=N/Nc1n[nH]c(Br)n1. The van der Waals surface area contributed by atoms with Crippen molar-refractivity contribution in [3.05, 3.63) is 4.73 Å². The minimum Gasteiger partial charge on any atom is -0.396 e. The molecule has 0 radical (unpaired) electrons. The number of halogens is 1. The third-order valence-electron chi connectivity index (χ3n) is 1.46. The Morgan fingerprint density at radius 2 is 2.43 bits per heavy atom. The lowest BCUT2D eigenvalue weighted by molar-refractivity contribution is 0.286. The Morgan fingerprint density at radius 3 is 3.07 bits per heavy atom. The van der Waals surface area contributed by atoms with Crippen molar-refractivity contribution in [2.75, 3.05) is 12.0 Å². The molecule has 0 unspecified atom stereocenters. The van der Waals surface area contributed by atoms with E-state index in [1.54, 1.807) is 6.21 Å². The monoisotopic (exact) mass is 261 g/mol. The van der Waals surface area contributed by atoms with Gasteiger partial charge in [0, 0.05) is 12.8 Å². The van der Waals surface area contributed by atoms with Gasteiger partial charge in [-0.3, -0.25) is 5.10 Å². The van der Waals surface area contributed by atoms with Crippen LogP contribution in [0.4, 0.5) is 5.95 Å². The summed E-state index contributed by atoms with van der Waals surface area (Å²) in [5.74, 6) is 0.426. The zero-order valence-electron chi connectivity index (χ0n) is 7.57. The lowest BCUT2D eigenvalue weighted by atomic mass is 10.3. The standard InChI is InChI=1S/C7H12BrN5O/c8-6-10-7(13-11-6)12-9-4-2-1-3-5-14/h4,14H,1-3,5H2,(H2,10,11,12,13)/b9-4+. The average molecular weight is 262 g/mol. The van der Waals surface area contributed by atoms with Crippen LogP contribution in [0.25, 0.3) is 0 Å². The molecule has 0 saturated heterocycles. The Hall–Kier alpha value is -0.950. The van der Waals surface area contributed by atoms with Gasteiger partial charge in [-0.15, -0.1) is 5.10 Å². The van der Waals surface area contributed by atoms with Gasteiger partial charge in [-0.05, 0) is 35.2 Å². The molecule has 0 bridgehead atoms. The van der Waals surface area contributed by atoms with Crippen molar-refractivity contribution in [3.63, 3.8) is 0 Å². The number of hydrogen-bond donors (Lipinski definition) is 3. The molecule has 0 atom stereocenters. The van der Waals surface area contributed by atoms with Crippen molar-refractivity contribution in [1.29, 1.82) is 0 Å². The van der Waals surface area contributed by atoms with Crippen molar-refractivity contribution < 1.29 is 5.11 Å². The summed E-state index contributed by atoms with van der Waals surface area (Å²) >= 11 is 3.13. The van der Waals surface area contributed by atoms with Crippen LogP contribution in [0.3, 0.4) is 0 Å². The van der Waals surface area contributed by atoms with Crippen LogP contribution in [-0.4, -0.2) is 33.1 Å². The minimum absolute atomic E-state index is 0.231. The van der Waals surface area contributed by atoms with Crippen LogP contribution in [0, 0.1) is 0 Å². The first-order chi connectivity index (χ1) is 6.83. The Morgan fingerprint density at radius 1 is 1.57 bits per heavy atom. The van der Waals surface area contributed by atoms with Gasteiger partial charge in [0.05, 0.1) is 0 Å². The maximum atomic E-state index is 8.51. The highest BCUT2D eigenvalue weighted by Crippen LogP contribution is 2.03. The van der Waals surface area contributed by atoms with E-state index >= 15 is 0 Å². The average Bonchev–Trinajstić information content (AvgIpc) is 2.58. The number of hydrogen-bond acceptors (Lipinski definition) is 5. The fourth-order valence-electron chi connectivity index (χ4n) is 0.807. The number of aliphatic hydroxyl groups is 1. The molecule has 0 saturated carbocycles. The summed E-state index contributed by atoms with van der Waals surface area (Å²) in [5.41, 5.74) is 2.67. The van der Waals surface area contributed by atoms with Crippen LogP contribution in [0.15, 0.2) is 9.84 Å². The highest BCUT2D eigenvalue weighted by atomic mass is 79.9. The van der Waals surface area contributed by atoms with Gasteiger partial charge in [-0.25, -0.2) is 5.43 Å². The largest absolute Gasteiger partial charge is 0.396 e. The van der Waals surface area contributed by atoms with Gasteiger partial charge in [0.2, 0.25) is 0 Å². The van der Waals surface area contributed by atoms with Crippen LogP contribution in [-0.2, 0) is 0 Å². The molecule has 14 heavy (non-hydrogen) atoms. The van der Waals surface area contributed by atoms with Crippen molar-refractivity contribution in [3.8, 4) is 0 Å². The third-order valence-corrected chi connectivity index (χ3v) is 1.81. The summed E-state index contributed by atoms with van der Waals surface area (Å²) in [7, 11) is 0. The zero-order valence-corrected chi connectivity index (χ0v) is 9.16. The van der Waals surface area contributed by atoms with E-state index in [0.717, 1.165) is 19.3 Å². The number of nitrogens with one attached hydrogen (secondary N) is 2. The van der Waals surface area contributed by atoms with E-state index in [2.05, 4.69) is 41.6 Å². The molecular formula is C7H12BrN5O. The third kappa shape index (κ3) is 4.33. The van der Waals surface area contributed by atoms with Crippen LogP contribution in [0.2, 0.25) is 0 Å². The molecule has 1 aromatic heterocycles. The van der Waals surface area contributed by atoms with Crippen molar-refractivity contribution in [1.82, 2.24) is 15.2 Å². The first-order valence-corrected chi connectivity index (χ1v) is 5.08. The molecular weight excluding hydrogens is 250 g/mol. The molecule has 1 aromatic rings. The van der Waals surface area contributed by atoms with Gasteiger partial charge in [0.25, 0.3) is 5.95 Å². The van der Waals surface area contributed by atoms with Gasteiger partial charge in [-0.1, -0.05) is 0 Å². The fourth-order valence-corrected chi connectivity index (χ4v) is 1.06. The molecule has 7 heteroatoms.